The van der Waals surface area contributed by atoms with Gasteiger partial charge in [0.1, 0.15) is 11.5 Å². The number of hydrogen-bond acceptors (Lipinski definition) is 5. The zero-order chi connectivity index (χ0) is 22.1. The van der Waals surface area contributed by atoms with Crippen molar-refractivity contribution in [3.63, 3.8) is 0 Å². The van der Waals surface area contributed by atoms with Crippen LogP contribution in [-0.2, 0) is 4.79 Å². The zero-order valence-electron chi connectivity index (χ0n) is 18.1. The van der Waals surface area contributed by atoms with Gasteiger partial charge in [0.2, 0.25) is 5.91 Å². The normalized spacial score (nSPS) is 11.1. The molecule has 6 heteroatoms. The predicted molar refractivity (Wildman–Crippen MR) is 128 cm³/mol. The van der Waals surface area contributed by atoms with Crippen LogP contribution in [0.2, 0.25) is 0 Å². The molecular weight excluding hydrogens is 408 g/mol. The highest BCUT2D eigenvalue weighted by atomic mass is 32.1. The Labute approximate surface area is 187 Å². The number of amides is 1. The summed E-state index contributed by atoms with van der Waals surface area (Å²) in [4.78, 5) is 16.8. The van der Waals surface area contributed by atoms with Crippen LogP contribution < -0.4 is 14.8 Å². The maximum absolute atomic E-state index is 12.3. The third kappa shape index (κ3) is 7.26. The number of aromatic nitrogens is 1. The van der Waals surface area contributed by atoms with Gasteiger partial charge in [-0.1, -0.05) is 26.0 Å². The van der Waals surface area contributed by atoms with E-state index in [0.717, 1.165) is 41.2 Å². The summed E-state index contributed by atoms with van der Waals surface area (Å²) in [7, 11) is 1.64. The van der Waals surface area contributed by atoms with E-state index in [-0.39, 0.29) is 5.91 Å². The van der Waals surface area contributed by atoms with Crippen molar-refractivity contribution in [2.45, 2.75) is 26.7 Å². The van der Waals surface area contributed by atoms with Gasteiger partial charge in [-0.3, -0.25) is 10.1 Å². The molecule has 0 spiro atoms. The largest absolute Gasteiger partial charge is 0.497 e. The molecule has 0 aliphatic heterocycles. The van der Waals surface area contributed by atoms with E-state index in [9.17, 15) is 4.79 Å². The molecule has 1 heterocycles. The molecule has 162 valence electrons. The number of nitrogens with zero attached hydrogens (tertiary/aromatic N) is 1. The summed E-state index contributed by atoms with van der Waals surface area (Å²) in [5.41, 5.74) is 2.70. The van der Waals surface area contributed by atoms with E-state index in [1.165, 1.54) is 17.4 Å². The van der Waals surface area contributed by atoms with Crippen molar-refractivity contribution in [1.29, 1.82) is 0 Å². The number of nitrogens with one attached hydrogen (secondary N) is 1. The molecule has 0 bridgehead atoms. The third-order valence-electron chi connectivity index (χ3n) is 4.60. The molecule has 0 saturated carbocycles. The lowest BCUT2D eigenvalue weighted by Crippen LogP contribution is -2.07. The minimum Gasteiger partial charge on any atom is -0.497 e. The van der Waals surface area contributed by atoms with E-state index in [1.807, 2.05) is 53.9 Å². The van der Waals surface area contributed by atoms with Crippen LogP contribution in [0.5, 0.6) is 11.5 Å². The smallest absolute Gasteiger partial charge is 0.250 e. The lowest BCUT2D eigenvalue weighted by Gasteiger charge is -2.08. The summed E-state index contributed by atoms with van der Waals surface area (Å²) in [6, 6.07) is 15.4. The van der Waals surface area contributed by atoms with Gasteiger partial charge in [0.05, 0.1) is 19.4 Å². The summed E-state index contributed by atoms with van der Waals surface area (Å²) in [5, 5.41) is 5.29. The maximum atomic E-state index is 12.3. The van der Waals surface area contributed by atoms with Crippen molar-refractivity contribution in [3.05, 3.63) is 65.6 Å². The minimum atomic E-state index is -0.223. The van der Waals surface area contributed by atoms with Gasteiger partial charge in [-0.15, -0.1) is 11.3 Å². The number of rotatable bonds is 10. The second kappa shape index (κ2) is 11.3. The van der Waals surface area contributed by atoms with Crippen LogP contribution in [0.1, 0.15) is 32.3 Å². The average Bonchev–Trinajstić information content (AvgIpc) is 3.24. The Morgan fingerprint density at radius 1 is 1.16 bits per heavy atom. The number of benzene rings is 2. The lowest BCUT2D eigenvalue weighted by molar-refractivity contribution is -0.111. The molecule has 0 aliphatic rings. The van der Waals surface area contributed by atoms with Crippen LogP contribution in [0.3, 0.4) is 0 Å². The first-order chi connectivity index (χ1) is 15.0. The number of hydrogen-bond donors (Lipinski definition) is 1. The molecule has 0 unspecified atom stereocenters. The summed E-state index contributed by atoms with van der Waals surface area (Å²) < 4.78 is 11.0. The Balaban J connectivity index is 1.53. The van der Waals surface area contributed by atoms with Crippen LogP contribution in [0.15, 0.2) is 60.0 Å². The number of methoxy groups -OCH3 is 1. The van der Waals surface area contributed by atoms with E-state index in [1.54, 1.807) is 13.2 Å². The van der Waals surface area contributed by atoms with Gasteiger partial charge in [-0.25, -0.2) is 4.98 Å². The Bertz CT molecular complexity index is 1010. The van der Waals surface area contributed by atoms with Gasteiger partial charge in [-0.05, 0) is 66.8 Å². The van der Waals surface area contributed by atoms with Crippen molar-refractivity contribution in [3.8, 4) is 22.8 Å². The summed E-state index contributed by atoms with van der Waals surface area (Å²) in [5.74, 6) is 2.07. The van der Waals surface area contributed by atoms with E-state index in [4.69, 9.17) is 9.47 Å². The van der Waals surface area contributed by atoms with Gasteiger partial charge in [0.15, 0.2) is 5.13 Å². The Morgan fingerprint density at radius 3 is 2.71 bits per heavy atom. The second-order valence-corrected chi connectivity index (χ2v) is 8.40. The van der Waals surface area contributed by atoms with Crippen LogP contribution in [0.4, 0.5) is 5.13 Å². The highest BCUT2D eigenvalue weighted by Gasteiger charge is 2.07. The van der Waals surface area contributed by atoms with Crippen molar-refractivity contribution >= 4 is 28.5 Å². The first kappa shape index (κ1) is 22.6. The molecule has 3 aromatic rings. The molecule has 1 aromatic heterocycles. The fraction of sp³-hybridized carbons (Fsp3) is 0.280. The minimum absolute atomic E-state index is 0.223. The molecule has 5 nitrogen and oxygen atoms in total. The van der Waals surface area contributed by atoms with Crippen LogP contribution in [-0.4, -0.2) is 24.6 Å². The Morgan fingerprint density at radius 2 is 1.97 bits per heavy atom. The van der Waals surface area contributed by atoms with Crippen molar-refractivity contribution in [2.75, 3.05) is 19.0 Å². The standard InChI is InChI=1S/C25H28N2O3S/c1-18(2)6-5-15-30-22-8-4-7-19(16-22)9-14-24(28)27-25-26-23(17-31-25)20-10-12-21(29-3)13-11-20/h4,7-14,16-18H,5-6,15H2,1-3H3,(H,26,27,28). The van der Waals surface area contributed by atoms with Crippen LogP contribution in [0.25, 0.3) is 17.3 Å². The zero-order valence-corrected chi connectivity index (χ0v) is 18.9. The number of carbonyl (C=O) groups excluding carboxylic acids is 1. The first-order valence-corrected chi connectivity index (χ1v) is 11.2. The third-order valence-corrected chi connectivity index (χ3v) is 5.36. The summed E-state index contributed by atoms with van der Waals surface area (Å²) in [6.07, 6.45) is 5.46. The molecule has 2 aromatic carbocycles. The molecule has 0 aliphatic carbocycles. The van der Waals surface area contributed by atoms with Gasteiger partial charge in [0, 0.05) is 17.0 Å². The molecule has 0 saturated heterocycles. The molecule has 31 heavy (non-hydrogen) atoms. The molecule has 3 rings (SSSR count). The SMILES string of the molecule is COc1ccc(-c2csc(NC(=O)C=Cc3cccc(OCCCC(C)C)c3)n2)cc1. The quantitative estimate of drug-likeness (QED) is 0.300. The molecule has 0 fully saturated rings. The number of carbonyl (C=O) groups is 1. The van der Waals surface area contributed by atoms with Gasteiger partial charge >= 0.3 is 0 Å². The van der Waals surface area contributed by atoms with Gasteiger partial charge < -0.3 is 9.47 Å². The fourth-order valence-electron chi connectivity index (χ4n) is 2.93. The second-order valence-electron chi connectivity index (χ2n) is 7.55. The van der Waals surface area contributed by atoms with E-state index in [0.29, 0.717) is 17.7 Å². The highest BCUT2D eigenvalue weighted by Crippen LogP contribution is 2.26. The van der Waals surface area contributed by atoms with Gasteiger partial charge in [0.25, 0.3) is 0 Å². The molecule has 1 amide bonds. The van der Waals surface area contributed by atoms with Crippen molar-refractivity contribution in [2.24, 2.45) is 5.92 Å². The van der Waals surface area contributed by atoms with Crippen LogP contribution in [0, 0.1) is 5.92 Å². The predicted octanol–water partition coefficient (Wildman–Crippen LogP) is 6.29. The Hall–Kier alpha value is -3.12. The monoisotopic (exact) mass is 436 g/mol. The molecule has 0 radical (unpaired) electrons. The number of anilines is 1. The van der Waals surface area contributed by atoms with Crippen LogP contribution >= 0.6 is 11.3 Å². The summed E-state index contributed by atoms with van der Waals surface area (Å²) in [6.45, 7) is 5.12. The number of ether oxygens (including phenoxy) is 2. The van der Waals surface area contributed by atoms with E-state index < -0.39 is 0 Å². The fourth-order valence-corrected chi connectivity index (χ4v) is 3.66. The molecular formula is C25H28N2O3S. The van der Waals surface area contributed by atoms with Gasteiger partial charge in [-0.2, -0.15) is 0 Å². The highest BCUT2D eigenvalue weighted by molar-refractivity contribution is 7.14. The Kier molecular flexibility index (Phi) is 8.24. The summed E-state index contributed by atoms with van der Waals surface area (Å²) >= 11 is 1.39. The lowest BCUT2D eigenvalue weighted by atomic mass is 10.1. The number of thiazole rings is 1. The first-order valence-electron chi connectivity index (χ1n) is 10.4. The van der Waals surface area contributed by atoms with E-state index >= 15 is 0 Å². The molecule has 0 atom stereocenters. The molecule has 1 N–H and O–H groups in total. The average molecular weight is 437 g/mol. The van der Waals surface area contributed by atoms with Crippen molar-refractivity contribution < 1.29 is 14.3 Å². The van der Waals surface area contributed by atoms with E-state index in [2.05, 4.69) is 24.1 Å². The van der Waals surface area contributed by atoms with Crippen molar-refractivity contribution in [1.82, 2.24) is 4.98 Å². The topological polar surface area (TPSA) is 60.5 Å². The maximum Gasteiger partial charge on any atom is 0.250 e.